The summed E-state index contributed by atoms with van der Waals surface area (Å²) in [6.45, 7) is 5.45. The third-order valence-electron chi connectivity index (χ3n) is 4.38. The van der Waals surface area contributed by atoms with E-state index >= 15 is 0 Å². The van der Waals surface area contributed by atoms with Gasteiger partial charge in [-0.25, -0.2) is 0 Å². The summed E-state index contributed by atoms with van der Waals surface area (Å²) in [4.78, 5) is 26.8. The van der Waals surface area contributed by atoms with Crippen molar-refractivity contribution in [3.05, 3.63) is 64.6 Å². The Morgan fingerprint density at radius 1 is 1.00 bits per heavy atom. The lowest BCUT2D eigenvalue weighted by Crippen LogP contribution is -2.27. The summed E-state index contributed by atoms with van der Waals surface area (Å²) in [5.41, 5.74) is 1.71. The van der Waals surface area contributed by atoms with Crippen LogP contribution in [0.2, 0.25) is 0 Å². The van der Waals surface area contributed by atoms with E-state index in [1.54, 1.807) is 6.08 Å². The van der Waals surface area contributed by atoms with Gasteiger partial charge in [0.25, 0.3) is 11.1 Å². The maximum atomic E-state index is 12.7. The topological polar surface area (TPSA) is 55.8 Å². The lowest BCUT2D eigenvalue weighted by atomic mass is 10.1. The van der Waals surface area contributed by atoms with E-state index in [0.29, 0.717) is 29.6 Å². The molecule has 1 aliphatic rings. The fraction of sp³-hybridized carbons (Fsp3) is 0.304. The molecule has 0 radical (unpaired) electrons. The molecule has 2 amide bonds. The van der Waals surface area contributed by atoms with Crippen LogP contribution in [0.25, 0.3) is 6.08 Å². The zero-order chi connectivity index (χ0) is 20.6. The second-order valence-electron chi connectivity index (χ2n) is 6.59. The summed E-state index contributed by atoms with van der Waals surface area (Å²) in [6.07, 6.45) is 3.76. The summed E-state index contributed by atoms with van der Waals surface area (Å²) in [5.74, 6) is 1.06. The quantitative estimate of drug-likeness (QED) is 0.403. The number of amides is 2. The molecule has 2 aromatic rings. The molecule has 1 aliphatic heterocycles. The van der Waals surface area contributed by atoms with Crippen LogP contribution in [0.1, 0.15) is 37.8 Å². The van der Waals surface area contributed by atoms with Crippen molar-refractivity contribution >= 4 is 29.0 Å². The Hall–Kier alpha value is -2.73. The first-order chi connectivity index (χ1) is 14.1. The first-order valence-electron chi connectivity index (χ1n) is 9.81. The number of imide groups is 1. The standard InChI is InChI=1S/C23H25NO4S/c1-3-5-13-28-19-12-11-18(14-20(19)27-4-2)15-21-22(25)24(23(26)29-21)16-17-9-7-6-8-10-17/h6-12,14-15H,3-5,13,16H2,1-2H3/b21-15-. The predicted octanol–water partition coefficient (Wildman–Crippen LogP) is 5.50. The molecule has 0 unspecified atom stereocenters. The Morgan fingerprint density at radius 3 is 2.52 bits per heavy atom. The Kier molecular flexibility index (Phi) is 7.36. The summed E-state index contributed by atoms with van der Waals surface area (Å²) in [7, 11) is 0. The molecule has 2 aromatic carbocycles. The highest BCUT2D eigenvalue weighted by molar-refractivity contribution is 8.18. The van der Waals surface area contributed by atoms with Crippen molar-refractivity contribution in [1.82, 2.24) is 4.90 Å². The number of carbonyl (C=O) groups is 2. The SMILES string of the molecule is CCCCOc1ccc(/C=C2\SC(=O)N(Cc3ccccc3)C2=O)cc1OCC. The minimum atomic E-state index is -0.273. The van der Waals surface area contributed by atoms with Gasteiger partial charge in [0.05, 0.1) is 24.7 Å². The Balaban J connectivity index is 1.77. The van der Waals surface area contributed by atoms with E-state index in [1.165, 1.54) is 4.90 Å². The van der Waals surface area contributed by atoms with Crippen molar-refractivity contribution in [2.45, 2.75) is 33.2 Å². The van der Waals surface area contributed by atoms with Crippen molar-refractivity contribution in [2.24, 2.45) is 0 Å². The van der Waals surface area contributed by atoms with E-state index < -0.39 is 0 Å². The van der Waals surface area contributed by atoms with E-state index in [4.69, 9.17) is 9.47 Å². The van der Waals surface area contributed by atoms with Gasteiger partial charge in [0.2, 0.25) is 0 Å². The minimum absolute atomic E-state index is 0.255. The van der Waals surface area contributed by atoms with Crippen molar-refractivity contribution in [1.29, 1.82) is 0 Å². The van der Waals surface area contributed by atoms with E-state index in [0.717, 1.165) is 35.7 Å². The molecule has 1 fully saturated rings. The zero-order valence-electron chi connectivity index (χ0n) is 16.7. The molecule has 0 atom stereocenters. The van der Waals surface area contributed by atoms with Gasteiger partial charge >= 0.3 is 0 Å². The number of benzene rings is 2. The van der Waals surface area contributed by atoms with E-state index in [9.17, 15) is 9.59 Å². The second kappa shape index (κ2) is 10.2. The molecule has 0 spiro atoms. The molecule has 1 heterocycles. The molecule has 5 nitrogen and oxygen atoms in total. The van der Waals surface area contributed by atoms with Gasteiger partial charge in [-0.2, -0.15) is 0 Å². The van der Waals surface area contributed by atoms with Crippen LogP contribution >= 0.6 is 11.8 Å². The molecule has 0 N–H and O–H groups in total. The summed E-state index contributed by atoms with van der Waals surface area (Å²) < 4.78 is 11.5. The van der Waals surface area contributed by atoms with E-state index in [2.05, 4.69) is 6.92 Å². The van der Waals surface area contributed by atoms with Crippen molar-refractivity contribution in [2.75, 3.05) is 13.2 Å². The maximum absolute atomic E-state index is 12.7. The van der Waals surface area contributed by atoms with Crippen LogP contribution in [0.4, 0.5) is 4.79 Å². The van der Waals surface area contributed by atoms with E-state index in [1.807, 2.05) is 55.5 Å². The third kappa shape index (κ3) is 5.41. The number of nitrogens with zero attached hydrogens (tertiary/aromatic N) is 1. The average Bonchev–Trinajstić information content (AvgIpc) is 2.98. The molecule has 152 valence electrons. The van der Waals surface area contributed by atoms with Crippen LogP contribution < -0.4 is 9.47 Å². The molecule has 6 heteroatoms. The predicted molar refractivity (Wildman–Crippen MR) is 116 cm³/mol. The van der Waals surface area contributed by atoms with Gasteiger partial charge in [0.15, 0.2) is 11.5 Å². The number of carbonyl (C=O) groups excluding carboxylic acids is 2. The van der Waals surface area contributed by atoms with Gasteiger partial charge in [-0.15, -0.1) is 0 Å². The fourth-order valence-corrected chi connectivity index (χ4v) is 3.72. The van der Waals surface area contributed by atoms with Crippen molar-refractivity contribution in [3.63, 3.8) is 0 Å². The fourth-order valence-electron chi connectivity index (χ4n) is 2.88. The number of hydrogen-bond acceptors (Lipinski definition) is 5. The summed E-state index contributed by atoms with van der Waals surface area (Å²) in [5, 5.41) is -0.255. The van der Waals surface area contributed by atoms with Crippen molar-refractivity contribution in [3.8, 4) is 11.5 Å². The van der Waals surface area contributed by atoms with Crippen LogP contribution in [-0.4, -0.2) is 29.3 Å². The van der Waals surface area contributed by atoms with Crippen LogP contribution in [0.15, 0.2) is 53.4 Å². The largest absolute Gasteiger partial charge is 0.490 e. The lowest BCUT2D eigenvalue weighted by Gasteiger charge is -2.13. The average molecular weight is 412 g/mol. The van der Waals surface area contributed by atoms with Gasteiger partial charge in [0.1, 0.15) is 0 Å². The maximum Gasteiger partial charge on any atom is 0.293 e. The number of unbranched alkanes of at least 4 members (excludes halogenated alkanes) is 1. The Morgan fingerprint density at radius 2 is 1.79 bits per heavy atom. The normalized spacial score (nSPS) is 15.2. The molecule has 3 rings (SSSR count). The monoisotopic (exact) mass is 411 g/mol. The third-order valence-corrected chi connectivity index (χ3v) is 5.29. The lowest BCUT2D eigenvalue weighted by molar-refractivity contribution is -0.123. The smallest absolute Gasteiger partial charge is 0.293 e. The highest BCUT2D eigenvalue weighted by Crippen LogP contribution is 2.35. The highest BCUT2D eigenvalue weighted by atomic mass is 32.2. The molecule has 0 aliphatic carbocycles. The van der Waals surface area contributed by atoms with Gasteiger partial charge in [0, 0.05) is 0 Å². The Labute approximate surface area is 175 Å². The zero-order valence-corrected chi connectivity index (χ0v) is 17.5. The summed E-state index contributed by atoms with van der Waals surface area (Å²) >= 11 is 0.963. The van der Waals surface area contributed by atoms with Gasteiger partial charge < -0.3 is 9.47 Å². The molecule has 29 heavy (non-hydrogen) atoms. The first kappa shape index (κ1) is 21.0. The van der Waals surface area contributed by atoms with Gasteiger partial charge in [-0.1, -0.05) is 49.7 Å². The molecule has 1 saturated heterocycles. The summed E-state index contributed by atoms with van der Waals surface area (Å²) in [6, 6.07) is 15.1. The van der Waals surface area contributed by atoms with Gasteiger partial charge in [-0.3, -0.25) is 14.5 Å². The van der Waals surface area contributed by atoms with Crippen molar-refractivity contribution < 1.29 is 19.1 Å². The number of thioether (sulfide) groups is 1. The Bertz CT molecular complexity index is 895. The molecular formula is C23H25NO4S. The first-order valence-corrected chi connectivity index (χ1v) is 10.6. The van der Waals surface area contributed by atoms with Crippen LogP contribution in [0, 0.1) is 0 Å². The number of rotatable bonds is 9. The number of ether oxygens (including phenoxy) is 2. The molecule has 0 aromatic heterocycles. The van der Waals surface area contributed by atoms with Crippen LogP contribution in [0.5, 0.6) is 11.5 Å². The highest BCUT2D eigenvalue weighted by Gasteiger charge is 2.34. The van der Waals surface area contributed by atoms with Crippen LogP contribution in [-0.2, 0) is 11.3 Å². The molecule has 0 bridgehead atoms. The van der Waals surface area contributed by atoms with E-state index in [-0.39, 0.29) is 17.7 Å². The molecule has 0 saturated carbocycles. The second-order valence-corrected chi connectivity index (χ2v) is 7.59. The number of hydrogen-bond donors (Lipinski definition) is 0. The van der Waals surface area contributed by atoms with Crippen LogP contribution in [0.3, 0.4) is 0 Å². The van der Waals surface area contributed by atoms with Gasteiger partial charge in [-0.05, 0) is 54.4 Å². The molecular weight excluding hydrogens is 386 g/mol. The minimum Gasteiger partial charge on any atom is -0.490 e.